The zero-order valence-electron chi connectivity index (χ0n) is 18.6. The second-order valence-corrected chi connectivity index (χ2v) is 8.43. The highest BCUT2D eigenvalue weighted by Crippen LogP contribution is 2.38. The number of aryl methyl sites for hydroxylation is 1. The van der Waals surface area contributed by atoms with Crippen LogP contribution in [-0.4, -0.2) is 47.3 Å². The van der Waals surface area contributed by atoms with Crippen LogP contribution >= 0.6 is 0 Å². The predicted octanol–water partition coefficient (Wildman–Crippen LogP) is 5.56. The van der Waals surface area contributed by atoms with Crippen LogP contribution < -0.4 is 10.1 Å². The third-order valence-corrected chi connectivity index (χ3v) is 5.95. The number of para-hydroxylation sites is 2. The molecule has 2 amide bonds. The minimum atomic E-state index is -0.381. The van der Waals surface area contributed by atoms with Crippen LogP contribution in [-0.2, 0) is 0 Å². The Morgan fingerprint density at radius 1 is 1.06 bits per heavy atom. The third kappa shape index (κ3) is 4.26. The number of fused-ring (bicyclic) bond motifs is 2. The summed E-state index contributed by atoms with van der Waals surface area (Å²) < 4.78 is 19.7. The number of ether oxygens (including phenoxy) is 1. The number of benzene rings is 3. The van der Waals surface area contributed by atoms with Crippen molar-refractivity contribution in [2.45, 2.75) is 19.9 Å². The van der Waals surface area contributed by atoms with Crippen LogP contribution in [0.3, 0.4) is 0 Å². The summed E-state index contributed by atoms with van der Waals surface area (Å²) in [6, 6.07) is 19.5. The zero-order valence-corrected chi connectivity index (χ0v) is 18.6. The number of amides is 2. The maximum absolute atomic E-state index is 13.5. The zero-order chi connectivity index (χ0) is 22.9. The molecule has 0 bridgehead atoms. The van der Waals surface area contributed by atoms with E-state index in [0.717, 1.165) is 34.1 Å². The summed E-state index contributed by atoms with van der Waals surface area (Å²) in [7, 11) is 0. The lowest BCUT2D eigenvalue weighted by Gasteiger charge is -2.41. The lowest BCUT2D eigenvalue weighted by atomic mass is 10.1. The number of anilines is 1. The summed E-state index contributed by atoms with van der Waals surface area (Å²) in [6.07, 6.45) is 0. The van der Waals surface area contributed by atoms with Gasteiger partial charge in [-0.2, -0.15) is 0 Å². The number of hydrogen-bond donors (Lipinski definition) is 1. The number of hydrogen-bond acceptors (Lipinski definition) is 4. The average molecular weight is 445 g/mol. The molecule has 3 aromatic carbocycles. The van der Waals surface area contributed by atoms with Crippen molar-refractivity contribution in [3.8, 4) is 11.5 Å². The Morgan fingerprint density at radius 3 is 2.73 bits per heavy atom. The smallest absolute Gasteiger partial charge is 0.322 e. The Balaban J connectivity index is 1.40. The van der Waals surface area contributed by atoms with E-state index in [-0.39, 0.29) is 17.9 Å². The summed E-state index contributed by atoms with van der Waals surface area (Å²) in [5.41, 5.74) is 3.29. The van der Waals surface area contributed by atoms with Crippen molar-refractivity contribution >= 4 is 23.2 Å². The summed E-state index contributed by atoms with van der Waals surface area (Å²) in [6.45, 7) is 5.81. The number of nitrogens with one attached hydrogen (secondary N) is 1. The number of halogens is 1. The molecule has 168 valence electrons. The van der Waals surface area contributed by atoms with Gasteiger partial charge < -0.3 is 19.9 Å². The SMILES string of the molecule is Cc1ccc2c(c1)C(N1CCN(C(=O)Nc3cccc(F)c3)C(C)C1)=Nc1ccccc1O2. The molecule has 1 saturated heterocycles. The molecule has 5 rings (SSSR count). The van der Waals surface area contributed by atoms with E-state index in [1.807, 2.05) is 50.2 Å². The molecule has 1 fully saturated rings. The molecule has 1 unspecified atom stereocenters. The normalized spacial score (nSPS) is 17.3. The van der Waals surface area contributed by atoms with Gasteiger partial charge in [0, 0.05) is 31.4 Å². The number of rotatable bonds is 1. The number of urea groups is 1. The highest BCUT2D eigenvalue weighted by molar-refractivity contribution is 6.04. The maximum Gasteiger partial charge on any atom is 0.322 e. The van der Waals surface area contributed by atoms with Gasteiger partial charge in [-0.15, -0.1) is 0 Å². The van der Waals surface area contributed by atoms with Crippen LogP contribution in [0.5, 0.6) is 11.5 Å². The molecular formula is C26H25FN4O2. The van der Waals surface area contributed by atoms with Crippen LogP contribution in [0.2, 0.25) is 0 Å². The molecule has 0 aromatic heterocycles. The van der Waals surface area contributed by atoms with Gasteiger partial charge in [-0.05, 0) is 56.3 Å². The molecule has 7 heteroatoms. The number of carbonyl (C=O) groups excluding carboxylic acids is 1. The Bertz CT molecular complexity index is 1240. The van der Waals surface area contributed by atoms with E-state index in [4.69, 9.17) is 9.73 Å². The third-order valence-electron chi connectivity index (χ3n) is 5.95. The fourth-order valence-electron chi connectivity index (χ4n) is 4.29. The Morgan fingerprint density at radius 2 is 1.91 bits per heavy atom. The maximum atomic E-state index is 13.5. The van der Waals surface area contributed by atoms with Crippen molar-refractivity contribution in [2.75, 3.05) is 25.0 Å². The summed E-state index contributed by atoms with van der Waals surface area (Å²) in [5, 5.41) is 2.80. The molecule has 0 spiro atoms. The van der Waals surface area contributed by atoms with Crippen LogP contribution in [0.1, 0.15) is 18.1 Å². The standard InChI is InChI=1S/C26H25FN4O2/c1-17-10-11-23-21(14-17)25(29-22-8-3-4-9-24(22)33-23)30-12-13-31(18(2)16-30)26(32)28-20-7-5-6-19(27)15-20/h3-11,14-15,18H,12-13,16H2,1-2H3,(H,28,32). The van der Waals surface area contributed by atoms with E-state index in [2.05, 4.69) is 16.3 Å². The average Bonchev–Trinajstić information content (AvgIpc) is 2.95. The number of aliphatic imine (C=N–C) groups is 1. The number of carbonyl (C=O) groups is 1. The molecule has 1 atom stereocenters. The van der Waals surface area contributed by atoms with Crippen molar-refractivity contribution < 1.29 is 13.9 Å². The topological polar surface area (TPSA) is 57.2 Å². The first-order chi connectivity index (χ1) is 16.0. The van der Waals surface area contributed by atoms with Crippen molar-refractivity contribution in [1.82, 2.24) is 9.80 Å². The van der Waals surface area contributed by atoms with Gasteiger partial charge in [-0.3, -0.25) is 0 Å². The molecule has 3 aromatic rings. The second-order valence-electron chi connectivity index (χ2n) is 8.43. The molecule has 1 N–H and O–H groups in total. The van der Waals surface area contributed by atoms with Crippen molar-refractivity contribution in [1.29, 1.82) is 0 Å². The quantitative estimate of drug-likeness (QED) is 0.535. The van der Waals surface area contributed by atoms with E-state index < -0.39 is 0 Å². The van der Waals surface area contributed by atoms with E-state index in [0.29, 0.717) is 25.3 Å². The van der Waals surface area contributed by atoms with Gasteiger partial charge in [-0.1, -0.05) is 29.8 Å². The van der Waals surface area contributed by atoms with E-state index >= 15 is 0 Å². The fraction of sp³-hybridized carbons (Fsp3) is 0.231. The van der Waals surface area contributed by atoms with Crippen LogP contribution in [0, 0.1) is 12.7 Å². The monoisotopic (exact) mass is 444 g/mol. The van der Waals surface area contributed by atoms with Gasteiger partial charge in [-0.25, -0.2) is 14.2 Å². The first-order valence-electron chi connectivity index (χ1n) is 11.0. The molecule has 33 heavy (non-hydrogen) atoms. The number of amidine groups is 1. The molecule has 0 saturated carbocycles. The lowest BCUT2D eigenvalue weighted by Crippen LogP contribution is -2.56. The summed E-state index contributed by atoms with van der Waals surface area (Å²) in [5.74, 6) is 1.95. The van der Waals surface area contributed by atoms with Crippen molar-refractivity contribution in [3.63, 3.8) is 0 Å². The second kappa shape index (κ2) is 8.58. The van der Waals surface area contributed by atoms with Gasteiger partial charge in [0.2, 0.25) is 0 Å². The van der Waals surface area contributed by atoms with Crippen LogP contribution in [0.25, 0.3) is 0 Å². The highest BCUT2D eigenvalue weighted by atomic mass is 19.1. The molecular weight excluding hydrogens is 419 g/mol. The number of nitrogens with zero attached hydrogens (tertiary/aromatic N) is 3. The van der Waals surface area contributed by atoms with Gasteiger partial charge in [0.1, 0.15) is 23.1 Å². The van der Waals surface area contributed by atoms with E-state index in [1.54, 1.807) is 17.0 Å². The van der Waals surface area contributed by atoms with Crippen molar-refractivity contribution in [2.24, 2.45) is 4.99 Å². The first-order valence-corrected chi connectivity index (χ1v) is 11.0. The molecule has 2 heterocycles. The Kier molecular flexibility index (Phi) is 5.46. The molecule has 2 aliphatic heterocycles. The van der Waals surface area contributed by atoms with Crippen LogP contribution in [0.15, 0.2) is 71.7 Å². The largest absolute Gasteiger partial charge is 0.454 e. The van der Waals surface area contributed by atoms with Crippen molar-refractivity contribution in [3.05, 3.63) is 83.7 Å². The summed E-state index contributed by atoms with van der Waals surface area (Å²) >= 11 is 0. The van der Waals surface area contributed by atoms with Gasteiger partial charge in [0.25, 0.3) is 0 Å². The lowest BCUT2D eigenvalue weighted by molar-refractivity contribution is 0.145. The molecule has 2 aliphatic rings. The Hall–Kier alpha value is -3.87. The fourth-order valence-corrected chi connectivity index (χ4v) is 4.29. The number of piperazine rings is 1. The van der Waals surface area contributed by atoms with Gasteiger partial charge in [0.05, 0.1) is 5.56 Å². The minimum absolute atomic E-state index is 0.0670. The molecule has 0 radical (unpaired) electrons. The Labute approximate surface area is 192 Å². The molecule has 6 nitrogen and oxygen atoms in total. The van der Waals surface area contributed by atoms with E-state index in [9.17, 15) is 9.18 Å². The highest BCUT2D eigenvalue weighted by Gasteiger charge is 2.31. The van der Waals surface area contributed by atoms with E-state index in [1.165, 1.54) is 12.1 Å². The summed E-state index contributed by atoms with van der Waals surface area (Å²) in [4.78, 5) is 21.8. The first kappa shape index (κ1) is 21.0. The predicted molar refractivity (Wildman–Crippen MR) is 127 cm³/mol. The van der Waals surface area contributed by atoms with Gasteiger partial charge in [0.15, 0.2) is 5.75 Å². The minimum Gasteiger partial charge on any atom is -0.454 e. The van der Waals surface area contributed by atoms with Crippen LogP contribution in [0.4, 0.5) is 20.6 Å². The van der Waals surface area contributed by atoms with Gasteiger partial charge >= 0.3 is 6.03 Å². The molecule has 0 aliphatic carbocycles.